The molecular weight excluding hydrogens is 302 g/mol. The van der Waals surface area contributed by atoms with Crippen molar-refractivity contribution in [1.29, 1.82) is 0 Å². The highest BCUT2D eigenvalue weighted by Crippen LogP contribution is 2.17. The Morgan fingerprint density at radius 3 is 2.58 bits per heavy atom. The highest BCUT2D eigenvalue weighted by molar-refractivity contribution is 5.76. The van der Waals surface area contributed by atoms with Crippen LogP contribution in [0.1, 0.15) is 56.1 Å². The van der Waals surface area contributed by atoms with Crippen molar-refractivity contribution in [3.05, 3.63) is 35.4 Å². The Hall–Kier alpha value is -2.04. The lowest BCUT2D eigenvalue weighted by atomic mass is 9.96. The largest absolute Gasteiger partial charge is 0.352 e. The first-order valence-corrected chi connectivity index (χ1v) is 9.00. The van der Waals surface area contributed by atoms with Crippen molar-refractivity contribution in [3.8, 4) is 0 Å². The van der Waals surface area contributed by atoms with E-state index in [0.29, 0.717) is 32.0 Å². The molecule has 0 spiro atoms. The summed E-state index contributed by atoms with van der Waals surface area (Å²) in [6.07, 6.45) is 6.91. The van der Waals surface area contributed by atoms with Gasteiger partial charge in [0, 0.05) is 25.6 Å². The van der Waals surface area contributed by atoms with E-state index in [4.69, 9.17) is 0 Å². The van der Waals surface area contributed by atoms with E-state index in [-0.39, 0.29) is 11.9 Å². The topological polar surface area (TPSA) is 70.2 Å². The summed E-state index contributed by atoms with van der Waals surface area (Å²) in [5, 5.41) is 8.77. The Balaban J connectivity index is 1.54. The van der Waals surface area contributed by atoms with Gasteiger partial charge in [-0.1, -0.05) is 43.5 Å². The Bertz CT molecular complexity index is 539. The summed E-state index contributed by atoms with van der Waals surface area (Å²) >= 11 is 0. The molecule has 132 valence electrons. The lowest BCUT2D eigenvalue weighted by Gasteiger charge is -2.22. The van der Waals surface area contributed by atoms with Crippen molar-refractivity contribution < 1.29 is 9.59 Å². The van der Waals surface area contributed by atoms with Gasteiger partial charge in [-0.25, -0.2) is 4.79 Å². The van der Waals surface area contributed by atoms with Crippen LogP contribution in [-0.2, 0) is 11.3 Å². The van der Waals surface area contributed by atoms with Crippen LogP contribution in [0.25, 0.3) is 0 Å². The smallest absolute Gasteiger partial charge is 0.315 e. The third-order valence-electron chi connectivity index (χ3n) is 4.54. The standard InChI is InChI=1S/C19H29N3O2/c1-15-8-5-6-9-16(15)14-21-18(23)12-7-13-20-19(24)22-17-10-3-2-4-11-17/h5-6,8-9,17H,2-4,7,10-14H2,1H3,(H,21,23)(H2,20,22,24). The summed E-state index contributed by atoms with van der Waals surface area (Å²) in [5.41, 5.74) is 2.31. The van der Waals surface area contributed by atoms with E-state index in [9.17, 15) is 9.59 Å². The average molecular weight is 331 g/mol. The van der Waals surface area contributed by atoms with Crippen LogP contribution < -0.4 is 16.0 Å². The zero-order valence-corrected chi connectivity index (χ0v) is 14.6. The molecule has 0 radical (unpaired) electrons. The first-order chi connectivity index (χ1) is 11.6. The number of aryl methyl sites for hydroxylation is 1. The monoisotopic (exact) mass is 331 g/mol. The molecule has 1 aliphatic rings. The van der Waals surface area contributed by atoms with Gasteiger partial charge in [0.1, 0.15) is 0 Å². The second-order valence-electron chi connectivity index (χ2n) is 6.54. The van der Waals surface area contributed by atoms with E-state index in [2.05, 4.69) is 16.0 Å². The summed E-state index contributed by atoms with van der Waals surface area (Å²) in [6, 6.07) is 8.23. The molecule has 1 fully saturated rings. The third kappa shape index (κ3) is 6.60. The molecule has 0 saturated heterocycles. The van der Waals surface area contributed by atoms with Crippen molar-refractivity contribution in [2.75, 3.05) is 6.54 Å². The number of carbonyl (C=O) groups is 2. The maximum Gasteiger partial charge on any atom is 0.315 e. The van der Waals surface area contributed by atoms with Crippen molar-refractivity contribution >= 4 is 11.9 Å². The van der Waals surface area contributed by atoms with Gasteiger partial charge >= 0.3 is 6.03 Å². The van der Waals surface area contributed by atoms with Crippen LogP contribution in [0.15, 0.2) is 24.3 Å². The minimum atomic E-state index is -0.109. The van der Waals surface area contributed by atoms with Gasteiger partial charge < -0.3 is 16.0 Å². The molecule has 1 aromatic rings. The number of hydrogen-bond donors (Lipinski definition) is 3. The van der Waals surface area contributed by atoms with Crippen molar-refractivity contribution in [2.45, 2.75) is 64.5 Å². The summed E-state index contributed by atoms with van der Waals surface area (Å²) in [7, 11) is 0. The van der Waals surface area contributed by atoms with Crippen molar-refractivity contribution in [1.82, 2.24) is 16.0 Å². The molecule has 0 aliphatic heterocycles. The van der Waals surface area contributed by atoms with Gasteiger partial charge in [-0.15, -0.1) is 0 Å². The normalized spacial score (nSPS) is 14.9. The predicted octanol–water partition coefficient (Wildman–Crippen LogP) is 3.02. The van der Waals surface area contributed by atoms with Gasteiger partial charge in [-0.2, -0.15) is 0 Å². The fraction of sp³-hybridized carbons (Fsp3) is 0.579. The van der Waals surface area contributed by atoms with Gasteiger partial charge in [0.05, 0.1) is 0 Å². The van der Waals surface area contributed by atoms with Gasteiger partial charge in [0.25, 0.3) is 0 Å². The first-order valence-electron chi connectivity index (χ1n) is 9.00. The third-order valence-corrected chi connectivity index (χ3v) is 4.54. The van der Waals surface area contributed by atoms with Crippen molar-refractivity contribution in [3.63, 3.8) is 0 Å². The van der Waals surface area contributed by atoms with Crippen LogP contribution in [0.3, 0.4) is 0 Å². The quantitative estimate of drug-likeness (QED) is 0.672. The molecule has 0 unspecified atom stereocenters. The number of hydrogen-bond acceptors (Lipinski definition) is 2. The molecule has 5 heteroatoms. The van der Waals surface area contributed by atoms with Crippen LogP contribution in [0, 0.1) is 6.92 Å². The molecule has 3 N–H and O–H groups in total. The number of benzene rings is 1. The molecular formula is C19H29N3O2. The summed E-state index contributed by atoms with van der Waals surface area (Å²) < 4.78 is 0. The van der Waals surface area contributed by atoms with Gasteiger partial charge in [0.2, 0.25) is 5.91 Å². The summed E-state index contributed by atoms with van der Waals surface area (Å²) in [5.74, 6) is 0.0211. The maximum atomic E-state index is 11.8. The Morgan fingerprint density at radius 2 is 1.83 bits per heavy atom. The molecule has 5 nitrogen and oxygen atoms in total. The molecule has 0 atom stereocenters. The van der Waals surface area contributed by atoms with E-state index in [1.54, 1.807) is 0 Å². The molecule has 1 saturated carbocycles. The highest BCUT2D eigenvalue weighted by Gasteiger charge is 2.15. The second-order valence-corrected chi connectivity index (χ2v) is 6.54. The molecule has 3 amide bonds. The van der Waals surface area contributed by atoms with Crippen LogP contribution in [0.4, 0.5) is 4.79 Å². The van der Waals surface area contributed by atoms with E-state index in [0.717, 1.165) is 18.4 Å². The first kappa shape index (κ1) is 18.3. The molecule has 1 aliphatic carbocycles. The Kier molecular flexibility index (Phi) is 7.59. The zero-order chi connectivity index (χ0) is 17.2. The minimum Gasteiger partial charge on any atom is -0.352 e. The van der Waals surface area contributed by atoms with Crippen LogP contribution in [-0.4, -0.2) is 24.5 Å². The fourth-order valence-electron chi connectivity index (χ4n) is 3.02. The van der Waals surface area contributed by atoms with Crippen LogP contribution >= 0.6 is 0 Å². The van der Waals surface area contributed by atoms with Crippen molar-refractivity contribution in [2.24, 2.45) is 0 Å². The summed E-state index contributed by atoms with van der Waals surface area (Å²) in [6.45, 7) is 3.12. The van der Waals surface area contributed by atoms with Gasteiger partial charge in [-0.05, 0) is 37.3 Å². The number of amides is 3. The molecule has 24 heavy (non-hydrogen) atoms. The Morgan fingerprint density at radius 1 is 1.08 bits per heavy atom. The predicted molar refractivity (Wildman–Crippen MR) is 95.7 cm³/mol. The van der Waals surface area contributed by atoms with Gasteiger partial charge in [0.15, 0.2) is 0 Å². The molecule has 2 rings (SSSR count). The molecule has 1 aromatic carbocycles. The van der Waals surface area contributed by atoms with E-state index >= 15 is 0 Å². The van der Waals surface area contributed by atoms with Crippen LogP contribution in [0.5, 0.6) is 0 Å². The number of urea groups is 1. The zero-order valence-electron chi connectivity index (χ0n) is 14.6. The average Bonchev–Trinajstić information content (AvgIpc) is 2.59. The lowest BCUT2D eigenvalue weighted by molar-refractivity contribution is -0.121. The SMILES string of the molecule is Cc1ccccc1CNC(=O)CCCNC(=O)NC1CCCCC1. The van der Waals surface area contributed by atoms with E-state index in [1.165, 1.54) is 24.8 Å². The number of nitrogens with one attached hydrogen (secondary N) is 3. The van der Waals surface area contributed by atoms with Crippen LogP contribution in [0.2, 0.25) is 0 Å². The number of carbonyl (C=O) groups excluding carboxylic acids is 2. The minimum absolute atomic E-state index is 0.0211. The fourth-order valence-corrected chi connectivity index (χ4v) is 3.02. The molecule has 0 aromatic heterocycles. The Labute approximate surface area is 144 Å². The maximum absolute atomic E-state index is 11.8. The van der Waals surface area contributed by atoms with E-state index in [1.807, 2.05) is 31.2 Å². The second kappa shape index (κ2) is 9.96. The molecule has 0 bridgehead atoms. The number of rotatable bonds is 7. The summed E-state index contributed by atoms with van der Waals surface area (Å²) in [4.78, 5) is 23.6. The molecule has 0 heterocycles. The lowest BCUT2D eigenvalue weighted by Crippen LogP contribution is -2.43. The van der Waals surface area contributed by atoms with Gasteiger partial charge in [-0.3, -0.25) is 4.79 Å². The van der Waals surface area contributed by atoms with E-state index < -0.39 is 0 Å². The highest BCUT2D eigenvalue weighted by atomic mass is 16.2.